The Balaban J connectivity index is 1.45. The minimum Gasteiger partial charge on any atom is -0.457 e. The fourth-order valence-electron chi connectivity index (χ4n) is 3.59. The van der Waals surface area contributed by atoms with Crippen LogP contribution in [0, 0.1) is 6.92 Å². The SMILES string of the molecule is Cc1cc(-c2ccc(/C=C/C(=O)N3c4ccccc4Sc4ccc(Cl)cc43)o2)ccc1Br. The number of para-hydroxylation sites is 1. The summed E-state index contributed by atoms with van der Waals surface area (Å²) in [7, 11) is 0. The van der Waals surface area contributed by atoms with Crippen LogP contribution in [-0.4, -0.2) is 5.91 Å². The molecule has 3 aromatic carbocycles. The first-order valence-electron chi connectivity index (χ1n) is 9.94. The number of furan rings is 1. The number of anilines is 2. The minimum absolute atomic E-state index is 0.168. The average Bonchev–Trinajstić information content (AvgIpc) is 3.27. The molecule has 6 heteroatoms. The number of fused-ring (bicyclic) bond motifs is 2. The Morgan fingerprint density at radius 1 is 1.00 bits per heavy atom. The lowest BCUT2D eigenvalue weighted by molar-refractivity contribution is -0.113. The number of amides is 1. The number of rotatable bonds is 3. The van der Waals surface area contributed by atoms with E-state index in [1.54, 1.807) is 22.7 Å². The van der Waals surface area contributed by atoms with Crippen molar-refractivity contribution in [1.82, 2.24) is 0 Å². The number of hydrogen-bond donors (Lipinski definition) is 0. The van der Waals surface area contributed by atoms with Gasteiger partial charge in [-0.15, -0.1) is 0 Å². The van der Waals surface area contributed by atoms with Crippen LogP contribution in [0.4, 0.5) is 11.4 Å². The van der Waals surface area contributed by atoms with Crippen molar-refractivity contribution in [2.24, 2.45) is 0 Å². The molecule has 0 spiro atoms. The fourth-order valence-corrected chi connectivity index (χ4v) is 5.04. The molecule has 0 aliphatic carbocycles. The van der Waals surface area contributed by atoms with Crippen LogP contribution < -0.4 is 4.90 Å². The molecule has 2 heterocycles. The van der Waals surface area contributed by atoms with E-state index in [2.05, 4.69) is 22.0 Å². The predicted molar refractivity (Wildman–Crippen MR) is 135 cm³/mol. The van der Waals surface area contributed by atoms with Gasteiger partial charge in [0.2, 0.25) is 0 Å². The zero-order chi connectivity index (χ0) is 22.2. The summed E-state index contributed by atoms with van der Waals surface area (Å²) < 4.78 is 7.02. The molecule has 0 atom stereocenters. The lowest BCUT2D eigenvalue weighted by atomic mass is 10.1. The van der Waals surface area contributed by atoms with Crippen molar-refractivity contribution in [3.05, 3.63) is 99.7 Å². The van der Waals surface area contributed by atoms with Gasteiger partial charge < -0.3 is 4.42 Å². The number of hydrogen-bond acceptors (Lipinski definition) is 3. The number of halogens is 2. The molecule has 32 heavy (non-hydrogen) atoms. The van der Waals surface area contributed by atoms with Crippen LogP contribution >= 0.6 is 39.3 Å². The van der Waals surface area contributed by atoms with E-state index in [1.165, 1.54) is 6.08 Å². The van der Waals surface area contributed by atoms with Gasteiger partial charge in [-0.25, -0.2) is 0 Å². The topological polar surface area (TPSA) is 33.5 Å². The molecule has 158 valence electrons. The van der Waals surface area contributed by atoms with E-state index in [0.29, 0.717) is 10.8 Å². The van der Waals surface area contributed by atoms with Crippen LogP contribution in [0.1, 0.15) is 11.3 Å². The average molecular weight is 523 g/mol. The van der Waals surface area contributed by atoms with E-state index in [-0.39, 0.29) is 5.91 Å². The first kappa shape index (κ1) is 21.1. The molecule has 1 amide bonds. The molecule has 0 saturated heterocycles. The molecule has 0 unspecified atom stereocenters. The monoisotopic (exact) mass is 521 g/mol. The van der Waals surface area contributed by atoms with Crippen molar-refractivity contribution >= 4 is 62.7 Å². The summed E-state index contributed by atoms with van der Waals surface area (Å²) in [6.07, 6.45) is 3.24. The lowest BCUT2D eigenvalue weighted by Gasteiger charge is -2.30. The summed E-state index contributed by atoms with van der Waals surface area (Å²) in [4.78, 5) is 17.0. The van der Waals surface area contributed by atoms with E-state index >= 15 is 0 Å². The van der Waals surface area contributed by atoms with Gasteiger partial charge in [0.1, 0.15) is 11.5 Å². The summed E-state index contributed by atoms with van der Waals surface area (Å²) in [6.45, 7) is 2.04. The third kappa shape index (κ3) is 4.04. The molecular weight excluding hydrogens is 506 g/mol. The molecule has 1 aromatic heterocycles. The molecule has 3 nitrogen and oxygen atoms in total. The van der Waals surface area contributed by atoms with Crippen molar-refractivity contribution in [2.75, 3.05) is 4.90 Å². The summed E-state index contributed by atoms with van der Waals surface area (Å²) in [5.74, 6) is 1.20. The maximum Gasteiger partial charge on any atom is 0.255 e. The van der Waals surface area contributed by atoms with E-state index in [1.807, 2.05) is 73.7 Å². The number of benzene rings is 3. The largest absolute Gasteiger partial charge is 0.457 e. The Hall–Kier alpha value is -2.73. The van der Waals surface area contributed by atoms with Gasteiger partial charge in [-0.05, 0) is 73.2 Å². The highest BCUT2D eigenvalue weighted by atomic mass is 79.9. The van der Waals surface area contributed by atoms with Gasteiger partial charge in [0.05, 0.1) is 11.4 Å². The second-order valence-corrected chi connectivity index (χ2v) is 9.73. The molecule has 0 radical (unpaired) electrons. The van der Waals surface area contributed by atoms with Crippen molar-refractivity contribution in [3.63, 3.8) is 0 Å². The van der Waals surface area contributed by atoms with E-state index in [9.17, 15) is 4.79 Å². The second kappa shape index (κ2) is 8.66. The van der Waals surface area contributed by atoms with Crippen LogP contribution in [0.2, 0.25) is 5.02 Å². The first-order chi connectivity index (χ1) is 15.5. The Bertz CT molecular complexity index is 1380. The van der Waals surface area contributed by atoms with Crippen LogP contribution in [0.15, 0.2) is 97.6 Å². The minimum atomic E-state index is -0.168. The molecule has 0 N–H and O–H groups in total. The molecule has 4 aromatic rings. The third-order valence-electron chi connectivity index (χ3n) is 5.17. The predicted octanol–water partition coefficient (Wildman–Crippen LogP) is 8.51. The summed E-state index contributed by atoms with van der Waals surface area (Å²) in [5, 5.41) is 0.589. The molecule has 1 aliphatic rings. The standard InChI is InChI=1S/C26H17BrClNO2S/c1-16-14-17(6-10-20(16)27)23-11-8-19(31-23)9-13-26(30)29-21-4-2-3-5-24(21)32-25-12-7-18(28)15-22(25)29/h2-15H,1H3/b13-9+. The van der Waals surface area contributed by atoms with Gasteiger partial charge in [-0.1, -0.05) is 57.5 Å². The lowest BCUT2D eigenvalue weighted by Crippen LogP contribution is -2.26. The van der Waals surface area contributed by atoms with Crippen molar-refractivity contribution in [3.8, 4) is 11.3 Å². The zero-order valence-electron chi connectivity index (χ0n) is 17.0. The summed E-state index contributed by atoms with van der Waals surface area (Å²) >= 11 is 11.4. The molecule has 0 bridgehead atoms. The Morgan fingerprint density at radius 2 is 1.81 bits per heavy atom. The van der Waals surface area contributed by atoms with E-state index < -0.39 is 0 Å². The van der Waals surface area contributed by atoms with Crippen molar-refractivity contribution < 1.29 is 9.21 Å². The van der Waals surface area contributed by atoms with Gasteiger partial charge in [-0.2, -0.15) is 0 Å². The highest BCUT2D eigenvalue weighted by Gasteiger charge is 2.27. The van der Waals surface area contributed by atoms with E-state index in [4.69, 9.17) is 16.0 Å². The number of aryl methyl sites for hydroxylation is 1. The van der Waals surface area contributed by atoms with Crippen LogP contribution in [-0.2, 0) is 4.79 Å². The van der Waals surface area contributed by atoms with E-state index in [0.717, 1.165) is 42.5 Å². The highest BCUT2D eigenvalue weighted by Crippen LogP contribution is 2.48. The third-order valence-corrected chi connectivity index (χ3v) is 7.42. The molecule has 0 fully saturated rings. The second-order valence-electron chi connectivity index (χ2n) is 7.35. The summed E-state index contributed by atoms with van der Waals surface area (Å²) in [5.41, 5.74) is 3.74. The first-order valence-corrected chi connectivity index (χ1v) is 11.9. The van der Waals surface area contributed by atoms with Crippen LogP contribution in [0.25, 0.3) is 17.4 Å². The Kier molecular flexibility index (Phi) is 5.72. The fraction of sp³-hybridized carbons (Fsp3) is 0.0385. The van der Waals surface area contributed by atoms with Gasteiger partial charge in [0, 0.05) is 30.9 Å². The maximum atomic E-state index is 13.3. The van der Waals surface area contributed by atoms with Crippen molar-refractivity contribution in [2.45, 2.75) is 16.7 Å². The van der Waals surface area contributed by atoms with Gasteiger partial charge in [0.25, 0.3) is 5.91 Å². The smallest absolute Gasteiger partial charge is 0.255 e. The Labute approximate surface area is 203 Å². The van der Waals surface area contributed by atoms with Crippen molar-refractivity contribution in [1.29, 1.82) is 0 Å². The number of nitrogens with zero attached hydrogens (tertiary/aromatic N) is 1. The van der Waals surface area contributed by atoms with Gasteiger partial charge in [0.15, 0.2) is 0 Å². The zero-order valence-corrected chi connectivity index (χ0v) is 20.2. The Morgan fingerprint density at radius 3 is 2.66 bits per heavy atom. The van der Waals surface area contributed by atoms with Gasteiger partial charge in [-0.3, -0.25) is 9.69 Å². The molecule has 0 saturated carbocycles. The van der Waals surface area contributed by atoms with Gasteiger partial charge >= 0.3 is 0 Å². The molecular formula is C26H17BrClNO2S. The van der Waals surface area contributed by atoms with Crippen LogP contribution in [0.5, 0.6) is 0 Å². The maximum absolute atomic E-state index is 13.3. The molecule has 5 rings (SSSR count). The molecule has 1 aliphatic heterocycles. The van der Waals surface area contributed by atoms with Crippen LogP contribution in [0.3, 0.4) is 0 Å². The highest BCUT2D eigenvalue weighted by molar-refractivity contribution is 9.10. The summed E-state index contributed by atoms with van der Waals surface area (Å²) in [6, 6.07) is 23.3. The quantitative estimate of drug-likeness (QED) is 0.253. The number of carbonyl (C=O) groups excluding carboxylic acids is 1. The number of carbonyl (C=O) groups is 1. The normalized spacial score (nSPS) is 12.7.